The molecule has 1 aromatic carbocycles. The highest BCUT2D eigenvalue weighted by atomic mass is 79.9. The number of benzene rings is 1. The zero-order valence-corrected chi connectivity index (χ0v) is 16.5. The van der Waals surface area contributed by atoms with E-state index < -0.39 is 17.9 Å². The van der Waals surface area contributed by atoms with Crippen molar-refractivity contribution in [1.82, 2.24) is 19.6 Å². The number of hydrogen-bond acceptors (Lipinski definition) is 4. The van der Waals surface area contributed by atoms with Crippen molar-refractivity contribution in [1.29, 1.82) is 0 Å². The number of carbonyl (C=O) groups excluding carboxylic acids is 1. The lowest BCUT2D eigenvalue weighted by Crippen LogP contribution is -2.24. The molecule has 1 unspecified atom stereocenters. The molecular formula is C17H15BrClN5O3. The van der Waals surface area contributed by atoms with Crippen LogP contribution < -0.4 is 5.32 Å². The summed E-state index contributed by atoms with van der Waals surface area (Å²) in [6.07, 6.45) is 3.12. The first kappa shape index (κ1) is 19.1. The van der Waals surface area contributed by atoms with Gasteiger partial charge in [-0.2, -0.15) is 10.2 Å². The number of aliphatic carboxylic acids is 1. The Hall–Kier alpha value is -2.65. The summed E-state index contributed by atoms with van der Waals surface area (Å²) in [5.41, 5.74) is 1.13. The van der Waals surface area contributed by atoms with E-state index in [2.05, 4.69) is 31.4 Å². The summed E-state index contributed by atoms with van der Waals surface area (Å²) in [4.78, 5) is 23.7. The van der Waals surface area contributed by atoms with E-state index in [1.807, 2.05) is 12.1 Å². The second kappa shape index (κ2) is 7.93. The third-order valence-corrected chi connectivity index (χ3v) is 4.67. The van der Waals surface area contributed by atoms with E-state index in [1.165, 1.54) is 19.2 Å². The summed E-state index contributed by atoms with van der Waals surface area (Å²) >= 11 is 9.25. The molecule has 0 aliphatic heterocycles. The summed E-state index contributed by atoms with van der Waals surface area (Å²) in [6.45, 7) is 1.95. The van der Waals surface area contributed by atoms with Gasteiger partial charge in [-0.1, -0.05) is 23.7 Å². The second-order valence-corrected chi connectivity index (χ2v) is 7.07. The molecule has 10 heteroatoms. The number of aromatic nitrogens is 4. The summed E-state index contributed by atoms with van der Waals surface area (Å²) in [5, 5.41) is 20.7. The standard InChI is InChI=1S/C17H15BrClN5O3/c1-10(17(26)27)24-14(6-7-20-24)16(25)21-15-13(18)9-23(22-15)8-11-2-4-12(19)5-3-11/h2-7,9-10H,8H2,1H3,(H,26,27)(H,21,22,25). The van der Waals surface area contributed by atoms with Gasteiger partial charge >= 0.3 is 5.97 Å². The summed E-state index contributed by atoms with van der Waals surface area (Å²) in [6, 6.07) is 7.86. The highest BCUT2D eigenvalue weighted by Crippen LogP contribution is 2.22. The molecule has 2 N–H and O–H groups in total. The molecule has 0 saturated carbocycles. The molecule has 0 aliphatic rings. The van der Waals surface area contributed by atoms with Gasteiger partial charge in [0, 0.05) is 17.4 Å². The highest BCUT2D eigenvalue weighted by Gasteiger charge is 2.22. The third kappa shape index (κ3) is 4.37. The highest BCUT2D eigenvalue weighted by molar-refractivity contribution is 9.10. The van der Waals surface area contributed by atoms with Gasteiger partial charge in [0.1, 0.15) is 11.7 Å². The van der Waals surface area contributed by atoms with Crippen molar-refractivity contribution < 1.29 is 14.7 Å². The maximum Gasteiger partial charge on any atom is 0.328 e. The lowest BCUT2D eigenvalue weighted by atomic mass is 10.2. The monoisotopic (exact) mass is 451 g/mol. The van der Waals surface area contributed by atoms with Crippen LogP contribution in [0.15, 0.2) is 47.2 Å². The molecule has 2 aromatic heterocycles. The SMILES string of the molecule is CC(C(=O)O)n1nccc1C(=O)Nc1nn(Cc2ccc(Cl)cc2)cc1Br. The van der Waals surface area contributed by atoms with Gasteiger partial charge in [0.2, 0.25) is 0 Å². The Morgan fingerprint density at radius 2 is 2.00 bits per heavy atom. The van der Waals surface area contributed by atoms with Gasteiger partial charge in [-0.05, 0) is 46.6 Å². The molecule has 0 aliphatic carbocycles. The van der Waals surface area contributed by atoms with Gasteiger partial charge in [-0.25, -0.2) is 9.48 Å². The van der Waals surface area contributed by atoms with Crippen LogP contribution in [0.25, 0.3) is 0 Å². The van der Waals surface area contributed by atoms with Crippen LogP contribution in [0.5, 0.6) is 0 Å². The number of nitrogens with zero attached hydrogens (tertiary/aromatic N) is 4. The first-order chi connectivity index (χ1) is 12.8. The minimum absolute atomic E-state index is 0.129. The minimum Gasteiger partial charge on any atom is -0.480 e. The van der Waals surface area contributed by atoms with Crippen LogP contribution in [0.3, 0.4) is 0 Å². The number of carbonyl (C=O) groups is 2. The number of hydrogen-bond donors (Lipinski definition) is 2. The van der Waals surface area contributed by atoms with Gasteiger partial charge in [-0.3, -0.25) is 9.48 Å². The van der Waals surface area contributed by atoms with Crippen LogP contribution >= 0.6 is 27.5 Å². The molecule has 0 saturated heterocycles. The maximum absolute atomic E-state index is 12.5. The summed E-state index contributed by atoms with van der Waals surface area (Å²) < 4.78 is 3.42. The van der Waals surface area contributed by atoms with Crippen molar-refractivity contribution in [3.63, 3.8) is 0 Å². The number of carboxylic acid groups (broad SMARTS) is 1. The van der Waals surface area contributed by atoms with E-state index in [0.29, 0.717) is 21.9 Å². The molecular weight excluding hydrogens is 438 g/mol. The fourth-order valence-electron chi connectivity index (χ4n) is 2.42. The zero-order chi connectivity index (χ0) is 19.6. The van der Waals surface area contributed by atoms with Crippen molar-refractivity contribution in [2.24, 2.45) is 0 Å². The van der Waals surface area contributed by atoms with Crippen LogP contribution in [0.2, 0.25) is 5.02 Å². The van der Waals surface area contributed by atoms with Crippen molar-refractivity contribution in [2.45, 2.75) is 19.5 Å². The first-order valence-corrected chi connectivity index (χ1v) is 9.07. The van der Waals surface area contributed by atoms with Crippen LogP contribution in [-0.4, -0.2) is 36.5 Å². The van der Waals surface area contributed by atoms with E-state index in [0.717, 1.165) is 10.2 Å². The van der Waals surface area contributed by atoms with E-state index in [1.54, 1.807) is 23.0 Å². The lowest BCUT2D eigenvalue weighted by molar-refractivity contribution is -0.140. The van der Waals surface area contributed by atoms with Gasteiger partial charge in [0.15, 0.2) is 5.82 Å². The average Bonchev–Trinajstić information content (AvgIpc) is 3.23. The average molecular weight is 453 g/mol. The molecule has 0 radical (unpaired) electrons. The molecule has 2 heterocycles. The minimum atomic E-state index is -1.08. The Bertz CT molecular complexity index is 983. The van der Waals surface area contributed by atoms with Gasteiger partial charge in [-0.15, -0.1) is 0 Å². The Morgan fingerprint density at radius 1 is 1.30 bits per heavy atom. The van der Waals surface area contributed by atoms with Gasteiger partial charge in [0.05, 0.1) is 11.0 Å². The predicted molar refractivity (Wildman–Crippen MR) is 103 cm³/mol. The molecule has 8 nitrogen and oxygen atoms in total. The van der Waals surface area contributed by atoms with Crippen LogP contribution in [0.4, 0.5) is 5.82 Å². The van der Waals surface area contributed by atoms with E-state index >= 15 is 0 Å². The van der Waals surface area contributed by atoms with Crippen LogP contribution in [0, 0.1) is 0 Å². The molecule has 0 bridgehead atoms. The quantitative estimate of drug-likeness (QED) is 0.596. The largest absolute Gasteiger partial charge is 0.480 e. The lowest BCUT2D eigenvalue weighted by Gasteiger charge is -2.11. The fraction of sp³-hybridized carbons (Fsp3) is 0.176. The Kier molecular flexibility index (Phi) is 5.62. The van der Waals surface area contributed by atoms with E-state index in [-0.39, 0.29) is 5.69 Å². The summed E-state index contributed by atoms with van der Waals surface area (Å²) in [5.74, 6) is -1.26. The molecule has 3 rings (SSSR count). The number of amides is 1. The zero-order valence-electron chi connectivity index (χ0n) is 14.1. The number of halogens is 2. The maximum atomic E-state index is 12.5. The third-order valence-electron chi connectivity index (χ3n) is 3.83. The second-order valence-electron chi connectivity index (χ2n) is 5.78. The molecule has 27 heavy (non-hydrogen) atoms. The van der Waals surface area contributed by atoms with Gasteiger partial charge in [0.25, 0.3) is 5.91 Å². The van der Waals surface area contributed by atoms with Crippen molar-refractivity contribution in [2.75, 3.05) is 5.32 Å². The molecule has 0 spiro atoms. The van der Waals surface area contributed by atoms with Crippen LogP contribution in [0.1, 0.15) is 29.0 Å². The normalized spacial score (nSPS) is 12.0. The van der Waals surface area contributed by atoms with Crippen molar-refractivity contribution in [3.05, 3.63) is 63.5 Å². The summed E-state index contributed by atoms with van der Waals surface area (Å²) in [7, 11) is 0. The number of rotatable bonds is 6. The number of nitrogens with one attached hydrogen (secondary N) is 1. The van der Waals surface area contributed by atoms with E-state index in [9.17, 15) is 9.59 Å². The molecule has 140 valence electrons. The fourth-order valence-corrected chi connectivity index (χ4v) is 2.96. The van der Waals surface area contributed by atoms with E-state index in [4.69, 9.17) is 16.7 Å². The molecule has 1 atom stereocenters. The number of carboxylic acids is 1. The van der Waals surface area contributed by atoms with Crippen molar-refractivity contribution >= 4 is 45.2 Å². The van der Waals surface area contributed by atoms with Gasteiger partial charge < -0.3 is 10.4 Å². The van der Waals surface area contributed by atoms with Crippen LogP contribution in [-0.2, 0) is 11.3 Å². The predicted octanol–water partition coefficient (Wildman–Crippen LogP) is 3.44. The molecule has 0 fully saturated rings. The molecule has 1 amide bonds. The Balaban J connectivity index is 1.76. The van der Waals surface area contributed by atoms with Crippen molar-refractivity contribution in [3.8, 4) is 0 Å². The smallest absolute Gasteiger partial charge is 0.328 e. The Morgan fingerprint density at radius 3 is 2.67 bits per heavy atom. The molecule has 3 aromatic rings. The number of anilines is 1. The first-order valence-electron chi connectivity index (χ1n) is 7.90. The topological polar surface area (TPSA) is 102 Å². The Labute approximate surface area is 167 Å².